The molecule has 4 aromatic rings. The average molecular weight is 394 g/mol. The Morgan fingerprint density at radius 1 is 0.583 bits per heavy atom. The molecule has 0 bridgehead atoms. The maximum atomic E-state index is 2.34. The highest BCUT2D eigenvalue weighted by Crippen LogP contribution is 2.28. The zero-order valence-corrected chi connectivity index (χ0v) is 15.4. The second-order valence-corrected chi connectivity index (χ2v) is 6.19. The van der Waals surface area contributed by atoms with E-state index in [1.165, 1.54) is 27.5 Å². The van der Waals surface area contributed by atoms with Gasteiger partial charge in [-0.15, -0.1) is 4.57 Å². The van der Waals surface area contributed by atoms with Gasteiger partial charge in [0, 0.05) is 17.7 Å². The van der Waals surface area contributed by atoms with Crippen molar-refractivity contribution < 1.29 is 21.5 Å². The summed E-state index contributed by atoms with van der Waals surface area (Å²) >= 11 is 1.78. The molecule has 1 aromatic heterocycles. The largest absolute Gasteiger partial charge is 1.00 e. The highest BCUT2D eigenvalue weighted by molar-refractivity contribution is 7.13. The minimum absolute atomic E-state index is 0. The number of aromatic nitrogens is 1. The van der Waals surface area contributed by atoms with E-state index in [9.17, 15) is 0 Å². The van der Waals surface area contributed by atoms with Crippen molar-refractivity contribution in [2.75, 3.05) is 0 Å². The minimum atomic E-state index is 0. The Bertz CT molecular complexity index is 846. The van der Waals surface area contributed by atoms with E-state index in [4.69, 9.17) is 0 Å². The second kappa shape index (κ2) is 7.56. The first-order valence-corrected chi connectivity index (χ1v) is 8.51. The van der Waals surface area contributed by atoms with Crippen molar-refractivity contribution in [1.29, 1.82) is 0 Å². The van der Waals surface area contributed by atoms with Crippen molar-refractivity contribution in [2.24, 2.45) is 0 Å². The Hall–Kier alpha value is -2.23. The number of hydrogen-bond acceptors (Lipinski definition) is 1. The van der Waals surface area contributed by atoms with Crippen molar-refractivity contribution >= 4 is 11.3 Å². The van der Waals surface area contributed by atoms with Crippen LogP contribution in [-0.2, 0) is 0 Å². The molecule has 0 saturated carbocycles. The zero-order chi connectivity index (χ0) is 15.5. The lowest BCUT2D eigenvalue weighted by Crippen LogP contribution is -3.00. The molecule has 0 amide bonds. The number of halogens is 1. The standard InChI is InChI=1S/C21H16NS.BrH/c1-4-10-17(11-5-1)20-16-23-21(18-12-6-2-7-13-18)22(20)19-14-8-3-9-15-19;/h1-16H;1H/q+1;/p-1. The third-order valence-corrected chi connectivity index (χ3v) is 4.81. The van der Waals surface area contributed by atoms with E-state index in [-0.39, 0.29) is 17.0 Å². The Balaban J connectivity index is 0.00000169. The lowest BCUT2D eigenvalue weighted by molar-refractivity contribution is -0.567. The fourth-order valence-corrected chi connectivity index (χ4v) is 3.79. The first-order chi connectivity index (χ1) is 11.4. The summed E-state index contributed by atoms with van der Waals surface area (Å²) in [5.74, 6) is 0. The number of thiazole rings is 1. The SMILES string of the molecule is [Br-].c1ccc(-c2csc(-c3ccccc3)[n+]2-c2ccccc2)cc1. The van der Waals surface area contributed by atoms with E-state index < -0.39 is 0 Å². The number of benzene rings is 3. The molecule has 0 aliphatic heterocycles. The maximum absolute atomic E-state index is 2.34. The van der Waals surface area contributed by atoms with Crippen LogP contribution < -0.4 is 21.5 Å². The zero-order valence-electron chi connectivity index (χ0n) is 13.0. The summed E-state index contributed by atoms with van der Waals surface area (Å²) in [7, 11) is 0. The maximum Gasteiger partial charge on any atom is 0.275 e. The van der Waals surface area contributed by atoms with Crippen LogP contribution in [0, 0.1) is 0 Å². The fourth-order valence-electron chi connectivity index (χ4n) is 2.74. The molecule has 4 rings (SSSR count). The van der Waals surface area contributed by atoms with E-state index in [0.717, 1.165) is 0 Å². The van der Waals surface area contributed by atoms with Crippen LogP contribution in [0.15, 0.2) is 96.4 Å². The Morgan fingerprint density at radius 2 is 1.08 bits per heavy atom. The lowest BCUT2D eigenvalue weighted by atomic mass is 10.1. The quantitative estimate of drug-likeness (QED) is 0.470. The molecule has 3 aromatic carbocycles. The molecule has 0 atom stereocenters. The predicted octanol–water partition coefficient (Wildman–Crippen LogP) is 2.36. The van der Waals surface area contributed by atoms with Gasteiger partial charge < -0.3 is 17.0 Å². The Kier molecular flexibility index (Phi) is 5.24. The van der Waals surface area contributed by atoms with Crippen molar-refractivity contribution in [3.63, 3.8) is 0 Å². The first-order valence-electron chi connectivity index (χ1n) is 7.63. The van der Waals surface area contributed by atoms with Gasteiger partial charge in [-0.25, -0.2) is 0 Å². The monoisotopic (exact) mass is 393 g/mol. The molecule has 24 heavy (non-hydrogen) atoms. The first kappa shape index (κ1) is 16.6. The van der Waals surface area contributed by atoms with E-state index in [2.05, 4.69) is 101 Å². The van der Waals surface area contributed by atoms with Crippen LogP contribution in [0.1, 0.15) is 0 Å². The molecular weight excluding hydrogens is 378 g/mol. The summed E-state index contributed by atoms with van der Waals surface area (Å²) in [6, 6.07) is 31.7. The number of para-hydroxylation sites is 1. The van der Waals surface area contributed by atoms with Gasteiger partial charge in [0.2, 0.25) is 11.4 Å². The van der Waals surface area contributed by atoms with Gasteiger partial charge in [-0.2, -0.15) is 0 Å². The molecule has 1 nitrogen and oxygen atoms in total. The summed E-state index contributed by atoms with van der Waals surface area (Å²) in [6.07, 6.45) is 0. The van der Waals surface area contributed by atoms with E-state index in [1.54, 1.807) is 11.3 Å². The van der Waals surface area contributed by atoms with Gasteiger partial charge in [0.05, 0.1) is 10.9 Å². The average Bonchev–Trinajstić information content (AvgIpc) is 3.09. The molecule has 3 heteroatoms. The van der Waals surface area contributed by atoms with Crippen LogP contribution in [0.3, 0.4) is 0 Å². The molecule has 0 aliphatic carbocycles. The molecule has 0 spiro atoms. The summed E-state index contributed by atoms with van der Waals surface area (Å²) in [5.41, 5.74) is 4.88. The van der Waals surface area contributed by atoms with E-state index >= 15 is 0 Å². The normalized spacial score (nSPS) is 10.2. The number of hydrogen-bond donors (Lipinski definition) is 0. The molecule has 0 fully saturated rings. The summed E-state index contributed by atoms with van der Waals surface area (Å²) < 4.78 is 2.34. The lowest BCUT2D eigenvalue weighted by Gasteiger charge is -2.02. The van der Waals surface area contributed by atoms with Crippen LogP contribution >= 0.6 is 11.3 Å². The van der Waals surface area contributed by atoms with Crippen LogP contribution in [0.5, 0.6) is 0 Å². The van der Waals surface area contributed by atoms with Gasteiger partial charge in [0.1, 0.15) is 0 Å². The molecule has 0 aliphatic rings. The molecule has 0 N–H and O–H groups in total. The minimum Gasteiger partial charge on any atom is -1.00 e. The Morgan fingerprint density at radius 3 is 1.67 bits per heavy atom. The third kappa shape index (κ3) is 3.18. The molecule has 0 radical (unpaired) electrons. The third-order valence-electron chi connectivity index (χ3n) is 3.83. The van der Waals surface area contributed by atoms with E-state index in [0.29, 0.717) is 0 Å². The van der Waals surface area contributed by atoms with Crippen molar-refractivity contribution in [1.82, 2.24) is 0 Å². The topological polar surface area (TPSA) is 3.88 Å². The van der Waals surface area contributed by atoms with Gasteiger partial charge in [-0.3, -0.25) is 0 Å². The van der Waals surface area contributed by atoms with Gasteiger partial charge in [0.15, 0.2) is 0 Å². The summed E-state index contributed by atoms with van der Waals surface area (Å²) in [6.45, 7) is 0. The van der Waals surface area contributed by atoms with Crippen molar-refractivity contribution in [3.8, 4) is 27.5 Å². The fraction of sp³-hybridized carbons (Fsp3) is 0. The second-order valence-electron chi connectivity index (χ2n) is 5.33. The summed E-state index contributed by atoms with van der Waals surface area (Å²) in [5, 5.41) is 3.49. The van der Waals surface area contributed by atoms with Crippen molar-refractivity contribution in [2.45, 2.75) is 0 Å². The highest BCUT2D eigenvalue weighted by atomic mass is 79.9. The van der Waals surface area contributed by atoms with Crippen LogP contribution in [0.4, 0.5) is 0 Å². The molecule has 0 unspecified atom stereocenters. The van der Waals surface area contributed by atoms with Crippen LogP contribution in [-0.4, -0.2) is 0 Å². The summed E-state index contributed by atoms with van der Waals surface area (Å²) in [4.78, 5) is 0. The molecular formula is C21H16BrNS. The van der Waals surface area contributed by atoms with Crippen LogP contribution in [0.25, 0.3) is 27.5 Å². The van der Waals surface area contributed by atoms with E-state index in [1.807, 2.05) is 0 Å². The molecule has 0 saturated heterocycles. The number of nitrogens with zero attached hydrogens (tertiary/aromatic N) is 1. The van der Waals surface area contributed by atoms with Crippen LogP contribution in [0.2, 0.25) is 0 Å². The van der Waals surface area contributed by atoms with Gasteiger partial charge in [0.25, 0.3) is 5.01 Å². The van der Waals surface area contributed by atoms with Gasteiger partial charge in [-0.1, -0.05) is 65.9 Å². The van der Waals surface area contributed by atoms with Gasteiger partial charge in [-0.05, 0) is 24.3 Å². The molecule has 1 heterocycles. The number of rotatable bonds is 3. The Labute approximate surface area is 156 Å². The van der Waals surface area contributed by atoms with Crippen molar-refractivity contribution in [3.05, 3.63) is 96.4 Å². The smallest absolute Gasteiger partial charge is 0.275 e. The predicted molar refractivity (Wildman–Crippen MR) is 96.7 cm³/mol. The van der Waals surface area contributed by atoms with Gasteiger partial charge >= 0.3 is 0 Å². The molecule has 118 valence electrons. The highest BCUT2D eigenvalue weighted by Gasteiger charge is 2.24.